The minimum atomic E-state index is -0.790. The van der Waals surface area contributed by atoms with Crippen LogP contribution in [-0.4, -0.2) is 41.1 Å². The summed E-state index contributed by atoms with van der Waals surface area (Å²) >= 11 is 0. The predicted molar refractivity (Wildman–Crippen MR) is 117 cm³/mol. The van der Waals surface area contributed by atoms with E-state index in [1.165, 1.54) is 45.1 Å². The lowest BCUT2D eigenvalue weighted by atomic mass is 10.0. The molecule has 0 atom stereocenters. The Morgan fingerprint density at radius 2 is 1.68 bits per heavy atom. The average Bonchev–Trinajstić information content (AvgIpc) is 3.10. The Hall–Kier alpha value is -2.49. The van der Waals surface area contributed by atoms with Gasteiger partial charge in [0, 0.05) is 26.0 Å². The van der Waals surface area contributed by atoms with Crippen LogP contribution in [0.5, 0.6) is 0 Å². The highest BCUT2D eigenvalue weighted by molar-refractivity contribution is 5.88. The Morgan fingerprint density at radius 3 is 2.39 bits per heavy atom. The third kappa shape index (κ3) is 7.63. The number of benzene rings is 2. The van der Waals surface area contributed by atoms with E-state index in [4.69, 9.17) is 5.11 Å². The van der Waals surface area contributed by atoms with Crippen molar-refractivity contribution < 1.29 is 9.90 Å². The second-order valence-electron chi connectivity index (χ2n) is 7.49. The fourth-order valence-corrected chi connectivity index (χ4v) is 3.44. The summed E-state index contributed by atoms with van der Waals surface area (Å²) in [6, 6.07) is 13.5. The molecule has 0 aromatic heterocycles. The second kappa shape index (κ2) is 12.1. The van der Waals surface area contributed by atoms with E-state index in [2.05, 4.69) is 36.2 Å². The number of fused-ring (bicyclic) bond motifs is 1. The minimum absolute atomic E-state index is 0.0847. The molecule has 1 aliphatic rings. The summed E-state index contributed by atoms with van der Waals surface area (Å²) in [4.78, 5) is 15.2. The number of hydrogen-bond acceptors (Lipinski definition) is 3. The van der Waals surface area contributed by atoms with Gasteiger partial charge in [0.1, 0.15) is 0 Å². The maximum absolute atomic E-state index is 10.6. The number of hydrogen-bond donors (Lipinski definition) is 1. The molecule has 0 radical (unpaired) electrons. The van der Waals surface area contributed by atoms with Crippen molar-refractivity contribution >= 4 is 16.7 Å². The van der Waals surface area contributed by atoms with E-state index in [9.17, 15) is 4.79 Å². The zero-order valence-electron chi connectivity index (χ0n) is 17.3. The first-order valence-electron chi connectivity index (χ1n) is 10.4. The number of unbranched alkanes of at least 4 members (excludes halogenated alkanes) is 5. The van der Waals surface area contributed by atoms with Crippen molar-refractivity contribution in [3.8, 4) is 0 Å². The molecule has 1 aliphatic heterocycles. The predicted octanol–water partition coefficient (Wildman–Crippen LogP) is 5.49. The molecule has 0 saturated heterocycles. The smallest absolute Gasteiger partial charge is 0.307 e. The van der Waals surface area contributed by atoms with Crippen LogP contribution in [0.25, 0.3) is 10.8 Å². The van der Waals surface area contributed by atoms with E-state index in [-0.39, 0.29) is 6.42 Å². The van der Waals surface area contributed by atoms with Crippen LogP contribution in [0.1, 0.15) is 51.0 Å². The van der Waals surface area contributed by atoms with Crippen molar-refractivity contribution in [1.82, 2.24) is 9.80 Å². The van der Waals surface area contributed by atoms with Crippen molar-refractivity contribution in [2.75, 3.05) is 20.3 Å². The molecule has 28 heavy (non-hydrogen) atoms. The van der Waals surface area contributed by atoms with Gasteiger partial charge in [-0.25, -0.2) is 0 Å². The standard InChI is InChI=1S/C12H24N2.C12H10O2/c1-3-4-5-6-7-8-9-14-11-10-13(2)12-14;13-12(14)8-10-6-3-5-9-4-1-2-7-11(9)10/h10-11H,3-9,12H2,1-2H3;1-7H,8H2,(H,13,14). The van der Waals surface area contributed by atoms with Gasteiger partial charge in [-0.2, -0.15) is 0 Å². The molecule has 0 fully saturated rings. The zero-order chi connectivity index (χ0) is 20.2. The van der Waals surface area contributed by atoms with Gasteiger partial charge in [-0.1, -0.05) is 81.5 Å². The molecule has 0 aliphatic carbocycles. The first-order valence-corrected chi connectivity index (χ1v) is 10.4. The lowest BCUT2D eigenvalue weighted by Crippen LogP contribution is -2.23. The zero-order valence-corrected chi connectivity index (χ0v) is 17.3. The van der Waals surface area contributed by atoms with Crippen molar-refractivity contribution in [2.45, 2.75) is 51.9 Å². The summed E-state index contributed by atoms with van der Waals surface area (Å²) in [5.41, 5.74) is 0.871. The molecule has 3 rings (SSSR count). The van der Waals surface area contributed by atoms with Gasteiger partial charge >= 0.3 is 5.97 Å². The molecule has 1 N–H and O–H groups in total. The van der Waals surface area contributed by atoms with E-state index in [1.54, 1.807) is 0 Å². The van der Waals surface area contributed by atoms with E-state index < -0.39 is 5.97 Å². The van der Waals surface area contributed by atoms with Crippen LogP contribution in [-0.2, 0) is 11.2 Å². The SMILES string of the molecule is CCCCCCCCN1C=CN(C)C1.O=C(O)Cc1cccc2ccccc12. The Morgan fingerprint density at radius 1 is 0.964 bits per heavy atom. The van der Waals surface area contributed by atoms with E-state index >= 15 is 0 Å². The first-order chi connectivity index (χ1) is 13.6. The Bertz CT molecular complexity index is 752. The third-order valence-corrected chi connectivity index (χ3v) is 4.96. The van der Waals surface area contributed by atoms with E-state index in [0.29, 0.717) is 0 Å². The maximum Gasteiger partial charge on any atom is 0.307 e. The Balaban J connectivity index is 0.000000200. The lowest BCUT2D eigenvalue weighted by Gasteiger charge is -2.17. The molecule has 4 heteroatoms. The fourth-order valence-electron chi connectivity index (χ4n) is 3.44. The Kier molecular flexibility index (Phi) is 9.40. The minimum Gasteiger partial charge on any atom is -0.481 e. The van der Waals surface area contributed by atoms with Crippen LogP contribution in [0, 0.1) is 0 Å². The topological polar surface area (TPSA) is 43.8 Å². The Labute approximate surface area is 169 Å². The van der Waals surface area contributed by atoms with Crippen LogP contribution in [0.2, 0.25) is 0 Å². The number of rotatable bonds is 9. The highest BCUT2D eigenvalue weighted by Crippen LogP contribution is 2.18. The molecule has 4 nitrogen and oxygen atoms in total. The highest BCUT2D eigenvalue weighted by atomic mass is 16.4. The summed E-state index contributed by atoms with van der Waals surface area (Å²) < 4.78 is 0. The molecule has 0 bridgehead atoms. The summed E-state index contributed by atoms with van der Waals surface area (Å²) in [5, 5.41) is 10.8. The van der Waals surface area contributed by atoms with E-state index in [1.807, 2.05) is 42.5 Å². The summed E-state index contributed by atoms with van der Waals surface area (Å²) in [6.07, 6.45) is 12.8. The number of aliphatic carboxylic acids is 1. The lowest BCUT2D eigenvalue weighted by molar-refractivity contribution is -0.136. The molecule has 2 aromatic rings. The van der Waals surface area contributed by atoms with Crippen LogP contribution >= 0.6 is 0 Å². The van der Waals surface area contributed by atoms with Crippen LogP contribution < -0.4 is 0 Å². The van der Waals surface area contributed by atoms with Gasteiger partial charge in [0.25, 0.3) is 0 Å². The largest absolute Gasteiger partial charge is 0.481 e. The van der Waals surface area contributed by atoms with Gasteiger partial charge in [-0.3, -0.25) is 4.79 Å². The molecule has 0 spiro atoms. The average molecular weight is 383 g/mol. The molecule has 0 saturated carbocycles. The molecule has 0 unspecified atom stereocenters. The summed E-state index contributed by atoms with van der Waals surface area (Å²) in [5.74, 6) is -0.790. The maximum atomic E-state index is 10.6. The molecule has 152 valence electrons. The first kappa shape index (κ1) is 21.8. The number of carboxylic acids is 1. The third-order valence-electron chi connectivity index (χ3n) is 4.96. The van der Waals surface area contributed by atoms with Gasteiger partial charge in [0.15, 0.2) is 0 Å². The van der Waals surface area contributed by atoms with Gasteiger partial charge in [0.2, 0.25) is 0 Å². The quantitative estimate of drug-likeness (QED) is 0.582. The van der Waals surface area contributed by atoms with Crippen molar-refractivity contribution in [1.29, 1.82) is 0 Å². The molecular formula is C24H34N2O2. The molecule has 0 amide bonds. The summed E-state index contributed by atoms with van der Waals surface area (Å²) in [7, 11) is 2.12. The normalized spacial score (nSPS) is 12.9. The van der Waals surface area contributed by atoms with Gasteiger partial charge in [0.05, 0.1) is 13.1 Å². The van der Waals surface area contributed by atoms with Crippen molar-refractivity contribution in [3.05, 3.63) is 60.4 Å². The number of carboxylic acid groups (broad SMARTS) is 1. The fraction of sp³-hybridized carbons (Fsp3) is 0.458. The van der Waals surface area contributed by atoms with Crippen LogP contribution in [0.3, 0.4) is 0 Å². The van der Waals surface area contributed by atoms with Gasteiger partial charge in [-0.15, -0.1) is 0 Å². The highest BCUT2D eigenvalue weighted by Gasteiger charge is 2.06. The monoisotopic (exact) mass is 382 g/mol. The summed E-state index contributed by atoms with van der Waals surface area (Å²) in [6.45, 7) is 4.58. The van der Waals surface area contributed by atoms with Crippen LogP contribution in [0.15, 0.2) is 54.9 Å². The molecule has 2 aromatic carbocycles. The van der Waals surface area contributed by atoms with E-state index in [0.717, 1.165) is 23.0 Å². The van der Waals surface area contributed by atoms with Gasteiger partial charge < -0.3 is 14.9 Å². The molecule has 1 heterocycles. The van der Waals surface area contributed by atoms with Crippen molar-refractivity contribution in [2.24, 2.45) is 0 Å². The van der Waals surface area contributed by atoms with Crippen molar-refractivity contribution in [3.63, 3.8) is 0 Å². The number of carbonyl (C=O) groups is 1. The second-order valence-corrected chi connectivity index (χ2v) is 7.49. The molecular weight excluding hydrogens is 348 g/mol. The van der Waals surface area contributed by atoms with Gasteiger partial charge in [-0.05, 0) is 22.8 Å². The number of nitrogens with zero attached hydrogens (tertiary/aromatic N) is 2. The van der Waals surface area contributed by atoms with Crippen LogP contribution in [0.4, 0.5) is 0 Å².